The Morgan fingerprint density at radius 2 is 1.92 bits per heavy atom. The van der Waals surface area contributed by atoms with Crippen molar-refractivity contribution in [2.75, 3.05) is 19.0 Å². The minimum atomic E-state index is -0.414. The van der Waals surface area contributed by atoms with Gasteiger partial charge in [0.15, 0.2) is 0 Å². The molecule has 5 nitrogen and oxygen atoms in total. The van der Waals surface area contributed by atoms with Gasteiger partial charge in [0, 0.05) is 16.7 Å². The van der Waals surface area contributed by atoms with Crippen LogP contribution < -0.4 is 15.4 Å². The SMILES string of the molecule is COc1ccccc1/C=C/C(=O)NCC(=O)Nc1cc(Cl)ccc1Cl. The molecule has 0 aromatic heterocycles. The number of carbonyl (C=O) groups excluding carboxylic acids is 2. The fraction of sp³-hybridized carbons (Fsp3) is 0.111. The van der Waals surface area contributed by atoms with Crippen molar-refractivity contribution >= 4 is 46.8 Å². The first kappa shape index (κ1) is 18.8. The van der Waals surface area contributed by atoms with Crippen molar-refractivity contribution in [1.82, 2.24) is 5.32 Å². The van der Waals surface area contributed by atoms with Crippen LogP contribution in [0.5, 0.6) is 5.75 Å². The van der Waals surface area contributed by atoms with E-state index in [1.54, 1.807) is 31.4 Å². The van der Waals surface area contributed by atoms with Crippen LogP contribution >= 0.6 is 23.2 Å². The molecule has 0 spiro atoms. The van der Waals surface area contributed by atoms with E-state index in [-0.39, 0.29) is 6.54 Å². The highest BCUT2D eigenvalue weighted by Crippen LogP contribution is 2.25. The second kappa shape index (κ2) is 9.11. The van der Waals surface area contributed by atoms with E-state index in [2.05, 4.69) is 10.6 Å². The summed E-state index contributed by atoms with van der Waals surface area (Å²) in [4.78, 5) is 23.7. The zero-order valence-electron chi connectivity index (χ0n) is 13.4. The molecule has 0 aliphatic carbocycles. The van der Waals surface area contributed by atoms with Gasteiger partial charge in [-0.05, 0) is 30.3 Å². The molecule has 130 valence electrons. The maximum atomic E-state index is 11.9. The summed E-state index contributed by atoms with van der Waals surface area (Å²) in [5, 5.41) is 5.88. The predicted octanol–water partition coefficient (Wildman–Crippen LogP) is 3.77. The minimum Gasteiger partial charge on any atom is -0.496 e. The number of para-hydroxylation sites is 1. The van der Waals surface area contributed by atoms with E-state index >= 15 is 0 Å². The third-order valence-corrected chi connectivity index (χ3v) is 3.74. The van der Waals surface area contributed by atoms with E-state index in [1.807, 2.05) is 18.2 Å². The first-order valence-electron chi connectivity index (χ1n) is 7.33. The lowest BCUT2D eigenvalue weighted by Crippen LogP contribution is -2.31. The molecular formula is C18H16Cl2N2O3. The molecular weight excluding hydrogens is 363 g/mol. The summed E-state index contributed by atoms with van der Waals surface area (Å²) in [5.74, 6) is -0.165. The zero-order valence-corrected chi connectivity index (χ0v) is 14.9. The standard InChI is InChI=1S/C18H16Cl2N2O3/c1-25-16-5-3-2-4-12(16)6-9-17(23)21-11-18(24)22-15-10-13(19)7-8-14(15)20/h2-10H,11H2,1H3,(H,21,23)(H,22,24)/b9-6+. The van der Waals surface area contributed by atoms with Gasteiger partial charge in [0.25, 0.3) is 0 Å². The fourth-order valence-electron chi connectivity index (χ4n) is 1.98. The van der Waals surface area contributed by atoms with Gasteiger partial charge in [-0.2, -0.15) is 0 Å². The van der Waals surface area contributed by atoms with Crippen LogP contribution in [0.1, 0.15) is 5.56 Å². The van der Waals surface area contributed by atoms with Crippen molar-refractivity contribution < 1.29 is 14.3 Å². The first-order chi connectivity index (χ1) is 12.0. The predicted molar refractivity (Wildman–Crippen MR) is 100 cm³/mol. The maximum Gasteiger partial charge on any atom is 0.244 e. The van der Waals surface area contributed by atoms with Crippen molar-refractivity contribution in [3.8, 4) is 5.75 Å². The monoisotopic (exact) mass is 378 g/mol. The molecule has 2 aromatic rings. The highest BCUT2D eigenvalue weighted by molar-refractivity contribution is 6.35. The molecule has 0 heterocycles. The molecule has 0 atom stereocenters. The number of hydrogen-bond acceptors (Lipinski definition) is 3. The molecule has 0 unspecified atom stereocenters. The molecule has 0 saturated carbocycles. The smallest absolute Gasteiger partial charge is 0.244 e. The Bertz CT molecular complexity index is 807. The Morgan fingerprint density at radius 3 is 2.68 bits per heavy atom. The number of nitrogens with one attached hydrogen (secondary N) is 2. The summed E-state index contributed by atoms with van der Waals surface area (Å²) in [6, 6.07) is 12.0. The van der Waals surface area contributed by atoms with Crippen LogP contribution in [0, 0.1) is 0 Å². The Labute approximate surface area is 155 Å². The van der Waals surface area contributed by atoms with Gasteiger partial charge in [-0.1, -0.05) is 41.4 Å². The van der Waals surface area contributed by atoms with E-state index in [1.165, 1.54) is 12.1 Å². The highest BCUT2D eigenvalue weighted by atomic mass is 35.5. The summed E-state index contributed by atoms with van der Waals surface area (Å²) < 4.78 is 5.19. The number of methoxy groups -OCH3 is 1. The molecule has 2 rings (SSSR count). The van der Waals surface area contributed by atoms with Crippen molar-refractivity contribution in [2.24, 2.45) is 0 Å². The molecule has 0 aliphatic heterocycles. The van der Waals surface area contributed by atoms with Gasteiger partial charge >= 0.3 is 0 Å². The van der Waals surface area contributed by atoms with Gasteiger partial charge in [0.05, 0.1) is 24.4 Å². The van der Waals surface area contributed by atoms with Crippen LogP contribution in [0.25, 0.3) is 6.08 Å². The van der Waals surface area contributed by atoms with E-state index in [4.69, 9.17) is 27.9 Å². The summed E-state index contributed by atoms with van der Waals surface area (Å²) in [6.07, 6.45) is 2.94. The first-order valence-corrected chi connectivity index (χ1v) is 8.09. The average Bonchev–Trinajstić information content (AvgIpc) is 2.61. The molecule has 0 radical (unpaired) electrons. The quantitative estimate of drug-likeness (QED) is 0.751. The Morgan fingerprint density at radius 1 is 1.16 bits per heavy atom. The van der Waals surface area contributed by atoms with Crippen molar-refractivity contribution in [2.45, 2.75) is 0 Å². The lowest BCUT2D eigenvalue weighted by molar-refractivity contribution is -0.121. The average molecular weight is 379 g/mol. The number of ether oxygens (including phenoxy) is 1. The summed E-state index contributed by atoms with van der Waals surface area (Å²) in [5.41, 5.74) is 1.15. The Balaban J connectivity index is 1.88. The number of hydrogen-bond donors (Lipinski definition) is 2. The van der Waals surface area contributed by atoms with Crippen LogP contribution in [0.2, 0.25) is 10.0 Å². The van der Waals surface area contributed by atoms with Crippen LogP contribution in [0.4, 0.5) is 5.69 Å². The van der Waals surface area contributed by atoms with E-state index in [0.717, 1.165) is 5.56 Å². The van der Waals surface area contributed by atoms with Gasteiger partial charge < -0.3 is 15.4 Å². The number of carbonyl (C=O) groups is 2. The highest BCUT2D eigenvalue weighted by Gasteiger charge is 2.07. The molecule has 0 fully saturated rings. The lowest BCUT2D eigenvalue weighted by atomic mass is 10.2. The Hall–Kier alpha value is -2.50. The third-order valence-electron chi connectivity index (χ3n) is 3.18. The molecule has 2 amide bonds. The van der Waals surface area contributed by atoms with Crippen molar-refractivity contribution in [3.63, 3.8) is 0 Å². The Kier molecular flexibility index (Phi) is 6.86. The minimum absolute atomic E-state index is 0.196. The maximum absolute atomic E-state index is 11.9. The third kappa shape index (κ3) is 5.81. The van der Waals surface area contributed by atoms with Crippen molar-refractivity contribution in [1.29, 1.82) is 0 Å². The molecule has 2 N–H and O–H groups in total. The van der Waals surface area contributed by atoms with Gasteiger partial charge in [-0.25, -0.2) is 0 Å². The summed E-state index contributed by atoms with van der Waals surface area (Å²) >= 11 is 11.8. The van der Waals surface area contributed by atoms with Gasteiger partial charge in [-0.15, -0.1) is 0 Å². The molecule has 0 bridgehead atoms. The fourth-order valence-corrected chi connectivity index (χ4v) is 2.32. The molecule has 0 saturated heterocycles. The molecule has 25 heavy (non-hydrogen) atoms. The van der Waals surface area contributed by atoms with Crippen LogP contribution in [-0.2, 0) is 9.59 Å². The largest absolute Gasteiger partial charge is 0.496 e. The molecule has 7 heteroatoms. The van der Waals surface area contributed by atoms with E-state index in [0.29, 0.717) is 21.5 Å². The summed E-state index contributed by atoms with van der Waals surface area (Å²) in [7, 11) is 1.55. The number of anilines is 1. The number of amides is 2. The van der Waals surface area contributed by atoms with Gasteiger partial charge in [0.2, 0.25) is 11.8 Å². The summed E-state index contributed by atoms with van der Waals surface area (Å²) in [6.45, 7) is -0.196. The molecule has 0 aliphatic rings. The van der Waals surface area contributed by atoms with Crippen LogP contribution in [-0.4, -0.2) is 25.5 Å². The second-order valence-electron chi connectivity index (χ2n) is 4.97. The number of halogens is 2. The normalized spacial score (nSPS) is 10.5. The van der Waals surface area contributed by atoms with E-state index in [9.17, 15) is 9.59 Å². The van der Waals surface area contributed by atoms with E-state index < -0.39 is 11.8 Å². The zero-order chi connectivity index (χ0) is 18.2. The van der Waals surface area contributed by atoms with Gasteiger partial charge in [-0.3, -0.25) is 9.59 Å². The van der Waals surface area contributed by atoms with Crippen LogP contribution in [0.3, 0.4) is 0 Å². The number of rotatable bonds is 6. The number of benzene rings is 2. The second-order valence-corrected chi connectivity index (χ2v) is 5.81. The van der Waals surface area contributed by atoms with Gasteiger partial charge in [0.1, 0.15) is 5.75 Å². The van der Waals surface area contributed by atoms with Crippen molar-refractivity contribution in [3.05, 3.63) is 64.1 Å². The topological polar surface area (TPSA) is 67.4 Å². The lowest BCUT2D eigenvalue weighted by Gasteiger charge is -2.08. The molecule has 2 aromatic carbocycles. The van der Waals surface area contributed by atoms with Crippen LogP contribution in [0.15, 0.2) is 48.5 Å².